The summed E-state index contributed by atoms with van der Waals surface area (Å²) in [6.45, 7) is 3.98. The number of benzene rings is 1. The van der Waals surface area contributed by atoms with Crippen LogP contribution in [0.25, 0.3) is 0 Å². The summed E-state index contributed by atoms with van der Waals surface area (Å²) in [6.07, 6.45) is 1.47. The van der Waals surface area contributed by atoms with Crippen molar-refractivity contribution in [1.29, 1.82) is 0 Å². The average Bonchev–Trinajstić information content (AvgIpc) is 2.94. The molecule has 2 heterocycles. The number of anilines is 1. The van der Waals surface area contributed by atoms with Crippen molar-refractivity contribution < 1.29 is 9.53 Å². The predicted molar refractivity (Wildman–Crippen MR) is 77.6 cm³/mol. The lowest BCUT2D eigenvalue weighted by Crippen LogP contribution is -2.29. The molecule has 1 aromatic carbocycles. The number of esters is 1. The highest BCUT2D eigenvalue weighted by atomic mass is 16.5. The molecule has 1 aliphatic heterocycles. The summed E-state index contributed by atoms with van der Waals surface area (Å²) < 4.78 is 6.90. The number of rotatable bonds is 3. The first kappa shape index (κ1) is 13.4. The fraction of sp³-hybridized carbons (Fsp3) is 0.267. The minimum atomic E-state index is -0.336. The van der Waals surface area contributed by atoms with Crippen molar-refractivity contribution in [2.45, 2.75) is 19.9 Å². The van der Waals surface area contributed by atoms with Gasteiger partial charge in [-0.1, -0.05) is 30.3 Å². The van der Waals surface area contributed by atoms with Crippen LogP contribution in [0.15, 0.2) is 47.9 Å². The Morgan fingerprint density at radius 3 is 2.86 bits per heavy atom. The number of fused-ring (bicyclic) bond motifs is 1. The topological polar surface area (TPSA) is 69.0 Å². The number of nitrogens with zero attached hydrogens (tertiary/aromatic N) is 3. The van der Waals surface area contributed by atoms with Gasteiger partial charge in [0.1, 0.15) is 12.4 Å². The van der Waals surface area contributed by atoms with Gasteiger partial charge in [0.05, 0.1) is 12.2 Å². The Balaban J connectivity index is 2.13. The lowest BCUT2D eigenvalue weighted by atomic mass is 9.96. The second-order valence-electron chi connectivity index (χ2n) is 4.73. The summed E-state index contributed by atoms with van der Waals surface area (Å²) in [5.41, 5.74) is 2.26. The molecule has 1 aliphatic rings. The van der Waals surface area contributed by atoms with Gasteiger partial charge in [0.2, 0.25) is 5.95 Å². The normalized spacial score (nSPS) is 17.1. The summed E-state index contributed by atoms with van der Waals surface area (Å²) in [7, 11) is 0. The van der Waals surface area contributed by atoms with Crippen LogP contribution in [-0.4, -0.2) is 27.3 Å². The van der Waals surface area contributed by atoms with E-state index in [0.29, 0.717) is 18.1 Å². The van der Waals surface area contributed by atoms with Crippen molar-refractivity contribution in [1.82, 2.24) is 14.8 Å². The number of hydrogen-bond acceptors (Lipinski definition) is 5. The van der Waals surface area contributed by atoms with Crippen LogP contribution in [0.1, 0.15) is 25.5 Å². The Kier molecular flexibility index (Phi) is 3.43. The number of ether oxygens (including phenoxy) is 1. The molecule has 6 nitrogen and oxygen atoms in total. The SMILES string of the molecule is CCOC(=O)C1=C(C)Nc2ncnn2[C@H]1c1ccccc1. The number of nitrogens with one attached hydrogen (secondary N) is 1. The average molecular weight is 284 g/mol. The zero-order valence-electron chi connectivity index (χ0n) is 11.9. The molecule has 0 saturated carbocycles. The van der Waals surface area contributed by atoms with Crippen LogP contribution < -0.4 is 5.32 Å². The van der Waals surface area contributed by atoms with E-state index in [-0.39, 0.29) is 12.0 Å². The summed E-state index contributed by atoms with van der Waals surface area (Å²) in [5.74, 6) is 0.284. The third kappa shape index (κ3) is 2.29. The van der Waals surface area contributed by atoms with Crippen LogP contribution in [0.3, 0.4) is 0 Å². The molecule has 0 fully saturated rings. The van der Waals surface area contributed by atoms with Crippen LogP contribution in [-0.2, 0) is 9.53 Å². The van der Waals surface area contributed by atoms with Gasteiger partial charge < -0.3 is 10.1 Å². The molecule has 0 spiro atoms. The van der Waals surface area contributed by atoms with Crippen LogP contribution in [0.2, 0.25) is 0 Å². The minimum Gasteiger partial charge on any atom is -0.463 e. The van der Waals surface area contributed by atoms with E-state index in [9.17, 15) is 4.79 Å². The van der Waals surface area contributed by atoms with Crippen molar-refractivity contribution in [3.63, 3.8) is 0 Å². The van der Waals surface area contributed by atoms with Crippen LogP contribution >= 0.6 is 0 Å². The van der Waals surface area contributed by atoms with Gasteiger partial charge >= 0.3 is 5.97 Å². The summed E-state index contributed by atoms with van der Waals surface area (Å²) >= 11 is 0. The van der Waals surface area contributed by atoms with E-state index in [2.05, 4.69) is 15.4 Å². The third-order valence-electron chi connectivity index (χ3n) is 3.41. The van der Waals surface area contributed by atoms with E-state index < -0.39 is 0 Å². The van der Waals surface area contributed by atoms with Gasteiger partial charge in [-0.05, 0) is 19.4 Å². The van der Waals surface area contributed by atoms with E-state index in [1.54, 1.807) is 11.6 Å². The number of carbonyl (C=O) groups excluding carboxylic acids is 1. The van der Waals surface area contributed by atoms with Crippen LogP contribution in [0, 0.1) is 0 Å². The summed E-state index contributed by atoms with van der Waals surface area (Å²) in [5, 5.41) is 7.34. The minimum absolute atomic E-state index is 0.330. The lowest BCUT2D eigenvalue weighted by molar-refractivity contribution is -0.139. The maximum atomic E-state index is 12.3. The molecule has 3 rings (SSSR count). The van der Waals surface area contributed by atoms with Gasteiger partial charge in [-0.3, -0.25) is 0 Å². The molecule has 1 N–H and O–H groups in total. The number of aromatic nitrogens is 3. The second kappa shape index (κ2) is 5.40. The van der Waals surface area contributed by atoms with E-state index in [1.165, 1.54) is 6.33 Å². The fourth-order valence-electron chi connectivity index (χ4n) is 2.51. The molecular weight excluding hydrogens is 268 g/mol. The Bertz CT molecular complexity index is 691. The molecule has 0 bridgehead atoms. The lowest BCUT2D eigenvalue weighted by Gasteiger charge is -2.28. The molecule has 1 atom stereocenters. The molecule has 108 valence electrons. The van der Waals surface area contributed by atoms with Crippen molar-refractivity contribution >= 4 is 11.9 Å². The van der Waals surface area contributed by atoms with Gasteiger partial charge in [0.25, 0.3) is 0 Å². The Morgan fingerprint density at radius 2 is 2.14 bits per heavy atom. The Labute approximate surface area is 122 Å². The Morgan fingerprint density at radius 1 is 1.38 bits per heavy atom. The van der Waals surface area contributed by atoms with E-state index >= 15 is 0 Å². The number of hydrogen-bond donors (Lipinski definition) is 1. The zero-order chi connectivity index (χ0) is 14.8. The molecular formula is C15H16N4O2. The zero-order valence-corrected chi connectivity index (χ0v) is 11.9. The standard InChI is InChI=1S/C15H16N4O2/c1-3-21-14(20)12-10(2)18-15-16-9-17-19(15)13(12)11-7-5-4-6-8-11/h4-9,13H,3H2,1-2H3,(H,16,17,18)/t13-/m0/s1. The molecule has 0 unspecified atom stereocenters. The molecule has 0 saturated heterocycles. The third-order valence-corrected chi connectivity index (χ3v) is 3.41. The molecule has 1 aromatic heterocycles. The van der Waals surface area contributed by atoms with E-state index in [1.807, 2.05) is 37.3 Å². The number of allylic oxidation sites excluding steroid dienone is 1. The van der Waals surface area contributed by atoms with Gasteiger partial charge in [-0.15, -0.1) is 0 Å². The smallest absolute Gasteiger partial charge is 0.338 e. The first-order valence-corrected chi connectivity index (χ1v) is 6.81. The van der Waals surface area contributed by atoms with Gasteiger partial charge in [0, 0.05) is 5.70 Å². The highest BCUT2D eigenvalue weighted by molar-refractivity contribution is 5.92. The fourth-order valence-corrected chi connectivity index (χ4v) is 2.51. The summed E-state index contributed by atoms with van der Waals surface area (Å²) in [6, 6.07) is 9.41. The second-order valence-corrected chi connectivity index (χ2v) is 4.73. The maximum absolute atomic E-state index is 12.3. The predicted octanol–water partition coefficient (Wildman–Crippen LogP) is 2.13. The van der Waals surface area contributed by atoms with Gasteiger partial charge in [-0.25, -0.2) is 9.48 Å². The first-order valence-electron chi connectivity index (χ1n) is 6.81. The highest BCUT2D eigenvalue weighted by Gasteiger charge is 2.33. The molecule has 0 amide bonds. The molecule has 0 radical (unpaired) electrons. The molecule has 21 heavy (non-hydrogen) atoms. The first-order chi connectivity index (χ1) is 10.2. The van der Waals surface area contributed by atoms with Crippen molar-refractivity contribution in [3.8, 4) is 0 Å². The summed E-state index contributed by atoms with van der Waals surface area (Å²) in [4.78, 5) is 16.5. The van der Waals surface area contributed by atoms with E-state index in [0.717, 1.165) is 11.3 Å². The van der Waals surface area contributed by atoms with Crippen LogP contribution in [0.5, 0.6) is 0 Å². The largest absolute Gasteiger partial charge is 0.463 e. The number of carbonyl (C=O) groups is 1. The maximum Gasteiger partial charge on any atom is 0.338 e. The highest BCUT2D eigenvalue weighted by Crippen LogP contribution is 2.34. The van der Waals surface area contributed by atoms with Gasteiger partial charge in [0.15, 0.2) is 0 Å². The van der Waals surface area contributed by atoms with Gasteiger partial charge in [-0.2, -0.15) is 10.1 Å². The van der Waals surface area contributed by atoms with Crippen molar-refractivity contribution in [2.75, 3.05) is 11.9 Å². The quantitative estimate of drug-likeness (QED) is 0.874. The molecule has 0 aliphatic carbocycles. The van der Waals surface area contributed by atoms with Crippen molar-refractivity contribution in [2.24, 2.45) is 0 Å². The Hall–Kier alpha value is -2.63. The monoisotopic (exact) mass is 284 g/mol. The molecule has 6 heteroatoms. The van der Waals surface area contributed by atoms with E-state index in [4.69, 9.17) is 4.74 Å². The molecule has 2 aromatic rings. The van der Waals surface area contributed by atoms with Crippen LogP contribution in [0.4, 0.5) is 5.95 Å². The van der Waals surface area contributed by atoms with Crippen molar-refractivity contribution in [3.05, 3.63) is 53.5 Å².